The lowest BCUT2D eigenvalue weighted by Crippen LogP contribution is -2.43. The van der Waals surface area contributed by atoms with E-state index >= 15 is 0 Å². The van der Waals surface area contributed by atoms with Gasteiger partial charge in [-0.2, -0.15) is 13.2 Å². The van der Waals surface area contributed by atoms with Crippen LogP contribution in [0.25, 0.3) is 11.3 Å². The Morgan fingerprint density at radius 1 is 0.975 bits per heavy atom. The van der Waals surface area contributed by atoms with Crippen LogP contribution in [0, 0.1) is 5.41 Å². The van der Waals surface area contributed by atoms with Gasteiger partial charge in [0.25, 0.3) is 0 Å². The number of ether oxygens (including phenoxy) is 1. The summed E-state index contributed by atoms with van der Waals surface area (Å²) in [7, 11) is 0. The highest BCUT2D eigenvalue weighted by molar-refractivity contribution is 8.00. The molecule has 2 saturated heterocycles. The number of para-hydroxylation sites is 1. The fourth-order valence-corrected chi connectivity index (χ4v) is 5.50. The van der Waals surface area contributed by atoms with Crippen molar-refractivity contribution in [3.8, 4) is 11.3 Å². The smallest absolute Gasteiger partial charge is 0.418 e. The number of morpholine rings is 1. The lowest BCUT2D eigenvalue weighted by atomic mass is 9.80. The van der Waals surface area contributed by atoms with Crippen LogP contribution in [-0.4, -0.2) is 60.4 Å². The van der Waals surface area contributed by atoms with Crippen LogP contribution in [0.1, 0.15) is 25.3 Å². The molecule has 0 bridgehead atoms. The van der Waals surface area contributed by atoms with Crippen molar-refractivity contribution in [1.82, 2.24) is 9.97 Å². The van der Waals surface area contributed by atoms with E-state index in [1.165, 1.54) is 6.07 Å². The van der Waals surface area contributed by atoms with E-state index in [4.69, 9.17) is 4.74 Å². The van der Waals surface area contributed by atoms with Crippen LogP contribution in [0.15, 0.2) is 59.6 Å². The quantitative estimate of drug-likeness (QED) is 0.340. The van der Waals surface area contributed by atoms with E-state index < -0.39 is 23.1 Å². The Hall–Kier alpha value is -3.51. The van der Waals surface area contributed by atoms with Gasteiger partial charge in [0, 0.05) is 49.4 Å². The van der Waals surface area contributed by atoms with Crippen LogP contribution in [0.4, 0.5) is 30.5 Å². The predicted molar refractivity (Wildman–Crippen MR) is 149 cm³/mol. The van der Waals surface area contributed by atoms with Crippen molar-refractivity contribution in [1.29, 1.82) is 0 Å². The van der Waals surface area contributed by atoms with Crippen molar-refractivity contribution in [2.24, 2.45) is 5.41 Å². The Balaban J connectivity index is 1.36. The second kappa shape index (κ2) is 11.5. The molecule has 12 heteroatoms. The molecule has 1 aromatic carbocycles. The van der Waals surface area contributed by atoms with Crippen molar-refractivity contribution in [2.45, 2.75) is 31.0 Å². The average molecular weight is 574 g/mol. The van der Waals surface area contributed by atoms with Gasteiger partial charge in [-0.15, -0.1) is 0 Å². The fourth-order valence-electron chi connectivity index (χ4n) is 4.89. The number of rotatable bonds is 7. The zero-order chi connectivity index (χ0) is 28.3. The summed E-state index contributed by atoms with van der Waals surface area (Å²) < 4.78 is 50.6. The molecular weight excluding hydrogens is 543 g/mol. The van der Waals surface area contributed by atoms with E-state index in [9.17, 15) is 23.1 Å². The highest BCUT2D eigenvalue weighted by Gasteiger charge is 2.37. The molecule has 0 amide bonds. The van der Waals surface area contributed by atoms with Gasteiger partial charge in [0.1, 0.15) is 16.7 Å². The number of alkyl halides is 3. The van der Waals surface area contributed by atoms with Crippen LogP contribution in [0.5, 0.6) is 0 Å². The Labute approximate surface area is 234 Å². The van der Waals surface area contributed by atoms with E-state index in [1.807, 2.05) is 34.1 Å². The zero-order valence-corrected chi connectivity index (χ0v) is 22.8. The summed E-state index contributed by atoms with van der Waals surface area (Å²) in [6.07, 6.45) is -3.54. The zero-order valence-electron chi connectivity index (χ0n) is 21.9. The summed E-state index contributed by atoms with van der Waals surface area (Å²) in [6.45, 7) is 5.10. The molecule has 2 aliphatic rings. The van der Waals surface area contributed by atoms with Crippen molar-refractivity contribution in [3.63, 3.8) is 0 Å². The minimum atomic E-state index is -4.58. The summed E-state index contributed by atoms with van der Waals surface area (Å²) in [6, 6.07) is 14.9. The lowest BCUT2D eigenvalue weighted by Gasteiger charge is -2.37. The number of carbonyl (C=O) groups is 1. The Morgan fingerprint density at radius 3 is 2.40 bits per heavy atom. The second-order valence-electron chi connectivity index (χ2n) is 10.1. The summed E-state index contributed by atoms with van der Waals surface area (Å²) >= 11 is 1.15. The standard InChI is InChI=1S/C28H30F3N5O3S/c1-27(26(37)38)11-13-36(14-12-27)23-7-4-8-24(33-23)40-34-22-10-9-20(28(29,30)31)25(32-22)19-5-2-3-6-21(19)35-15-17-39-18-16-35/h2-10H,11-18H2,1H3,(H,32,34)(H,37,38). The number of aliphatic carboxylic acids is 1. The van der Waals surface area contributed by atoms with Crippen molar-refractivity contribution in [3.05, 3.63) is 60.2 Å². The fraction of sp³-hybridized carbons (Fsp3) is 0.393. The van der Waals surface area contributed by atoms with Gasteiger partial charge in [0.05, 0.1) is 29.9 Å². The van der Waals surface area contributed by atoms with Crippen molar-refractivity contribution >= 4 is 35.2 Å². The largest absolute Gasteiger partial charge is 0.481 e. The van der Waals surface area contributed by atoms with Crippen LogP contribution < -0.4 is 14.5 Å². The molecule has 0 radical (unpaired) electrons. The van der Waals surface area contributed by atoms with E-state index in [-0.39, 0.29) is 11.5 Å². The summed E-state index contributed by atoms with van der Waals surface area (Å²) in [4.78, 5) is 24.7. The molecule has 0 unspecified atom stereocenters. The number of nitrogens with zero attached hydrogens (tertiary/aromatic N) is 4. The Morgan fingerprint density at radius 2 is 1.70 bits per heavy atom. The SMILES string of the molecule is CC1(C(=O)O)CCN(c2cccc(SNc3ccc(C(F)(F)F)c(-c4ccccc4N4CCOCC4)n3)n2)CC1. The summed E-state index contributed by atoms with van der Waals surface area (Å²) in [5.74, 6) is 0.205. The number of anilines is 3. The maximum Gasteiger partial charge on any atom is 0.418 e. The third kappa shape index (κ3) is 6.12. The van der Waals surface area contributed by atoms with Gasteiger partial charge >= 0.3 is 12.1 Å². The maximum atomic E-state index is 14.1. The highest BCUT2D eigenvalue weighted by Crippen LogP contribution is 2.41. The van der Waals surface area contributed by atoms with E-state index in [1.54, 1.807) is 25.1 Å². The first-order valence-electron chi connectivity index (χ1n) is 13.0. The van der Waals surface area contributed by atoms with Gasteiger partial charge in [-0.3, -0.25) is 4.79 Å². The Kier molecular flexibility index (Phi) is 8.09. The number of nitrogens with one attached hydrogen (secondary N) is 1. The lowest BCUT2D eigenvalue weighted by molar-refractivity contribution is -0.149. The molecule has 212 valence electrons. The molecule has 5 rings (SSSR count). The van der Waals surface area contributed by atoms with Gasteiger partial charge in [-0.25, -0.2) is 9.97 Å². The molecule has 2 fully saturated rings. The van der Waals surface area contributed by atoms with Crippen molar-refractivity contribution < 1.29 is 27.8 Å². The topological polar surface area (TPSA) is 90.8 Å². The van der Waals surface area contributed by atoms with Gasteiger partial charge in [-0.1, -0.05) is 24.3 Å². The molecule has 2 N–H and O–H groups in total. The van der Waals surface area contributed by atoms with Gasteiger partial charge in [0.15, 0.2) is 0 Å². The van der Waals surface area contributed by atoms with Crippen LogP contribution in [-0.2, 0) is 15.7 Å². The maximum absolute atomic E-state index is 14.1. The van der Waals surface area contributed by atoms with E-state index in [2.05, 4.69) is 14.7 Å². The molecular formula is C28H30F3N5O3S. The molecule has 0 aliphatic carbocycles. The molecule has 0 spiro atoms. The minimum absolute atomic E-state index is 0.142. The molecule has 4 heterocycles. The molecule has 8 nitrogen and oxygen atoms in total. The number of piperidine rings is 1. The third-order valence-electron chi connectivity index (χ3n) is 7.39. The molecule has 3 aromatic rings. The minimum Gasteiger partial charge on any atom is -0.481 e. The number of carboxylic acids is 1. The molecule has 2 aromatic heterocycles. The van der Waals surface area contributed by atoms with E-state index in [0.717, 1.165) is 23.8 Å². The molecule has 0 atom stereocenters. The number of pyridine rings is 2. The van der Waals surface area contributed by atoms with Crippen LogP contribution in [0.3, 0.4) is 0 Å². The average Bonchev–Trinajstić information content (AvgIpc) is 2.96. The van der Waals surface area contributed by atoms with E-state index in [0.29, 0.717) is 68.5 Å². The van der Waals surface area contributed by atoms with Crippen molar-refractivity contribution in [2.75, 3.05) is 53.9 Å². The third-order valence-corrected chi connectivity index (χ3v) is 8.14. The molecule has 2 aliphatic heterocycles. The summed E-state index contributed by atoms with van der Waals surface area (Å²) in [5.41, 5.74) is -0.594. The number of halogens is 3. The first kappa shape index (κ1) is 28.0. The summed E-state index contributed by atoms with van der Waals surface area (Å²) in [5, 5.41) is 10.1. The number of benzene rings is 1. The molecule has 40 heavy (non-hydrogen) atoms. The van der Waals surface area contributed by atoms with Gasteiger partial charge in [0.2, 0.25) is 0 Å². The van der Waals surface area contributed by atoms with Crippen LogP contribution >= 0.6 is 11.9 Å². The van der Waals surface area contributed by atoms with Gasteiger partial charge < -0.3 is 24.4 Å². The predicted octanol–water partition coefficient (Wildman–Crippen LogP) is 5.81. The molecule has 0 saturated carbocycles. The van der Waals surface area contributed by atoms with Gasteiger partial charge in [-0.05, 0) is 50.1 Å². The Bertz CT molecular complexity index is 1360. The number of aromatic nitrogens is 2. The monoisotopic (exact) mass is 573 g/mol. The second-order valence-corrected chi connectivity index (χ2v) is 10.9. The van der Waals surface area contributed by atoms with Crippen LogP contribution in [0.2, 0.25) is 0 Å². The first-order valence-corrected chi connectivity index (χ1v) is 13.8. The number of carboxylic acid groups (broad SMARTS) is 1. The number of hydrogen-bond acceptors (Lipinski definition) is 8. The number of hydrogen-bond donors (Lipinski definition) is 2. The highest BCUT2D eigenvalue weighted by atomic mass is 32.2. The first-order chi connectivity index (χ1) is 19.1. The normalized spacial score (nSPS) is 17.5.